The van der Waals surface area contributed by atoms with Crippen molar-refractivity contribution in [1.82, 2.24) is 0 Å². The maximum absolute atomic E-state index is 12.9. The Balaban J connectivity index is 2.17. The zero-order valence-corrected chi connectivity index (χ0v) is 11.5. The van der Waals surface area contributed by atoms with Crippen LogP contribution in [0.1, 0.15) is 11.1 Å². The van der Waals surface area contributed by atoms with Crippen LogP contribution in [0.25, 0.3) is 0 Å². The predicted molar refractivity (Wildman–Crippen MR) is 79.7 cm³/mol. The lowest BCUT2D eigenvalue weighted by Crippen LogP contribution is -2.42. The molecular formula is C17H11N3O2. The van der Waals surface area contributed by atoms with E-state index in [1.165, 1.54) is 0 Å². The van der Waals surface area contributed by atoms with Crippen molar-refractivity contribution < 1.29 is 9.53 Å². The largest absolute Gasteiger partial charge is 0.440 e. The van der Waals surface area contributed by atoms with Gasteiger partial charge in [-0.2, -0.15) is 5.26 Å². The molecule has 5 heteroatoms. The highest BCUT2D eigenvalue weighted by atomic mass is 16.5. The average Bonchev–Trinajstić information content (AvgIpc) is 2.81. The molecule has 1 unspecified atom stereocenters. The number of fused-ring (bicyclic) bond motifs is 4. The Morgan fingerprint density at radius 1 is 1.09 bits per heavy atom. The second kappa shape index (κ2) is 4.12. The lowest BCUT2D eigenvalue weighted by Gasteiger charge is -2.33. The topological polar surface area (TPSA) is 88.1 Å². The van der Waals surface area contributed by atoms with Crippen LogP contribution in [-0.4, -0.2) is 5.91 Å². The van der Waals surface area contributed by atoms with E-state index in [-0.39, 0.29) is 17.4 Å². The third-order valence-corrected chi connectivity index (χ3v) is 4.16. The Morgan fingerprint density at radius 3 is 2.55 bits per heavy atom. The fourth-order valence-electron chi connectivity index (χ4n) is 3.27. The first kappa shape index (κ1) is 12.5. The summed E-state index contributed by atoms with van der Waals surface area (Å²) in [6.45, 7) is 0. The highest BCUT2D eigenvalue weighted by Gasteiger charge is 2.56. The number of carbonyl (C=O) groups excluding carboxylic acids is 1. The van der Waals surface area contributed by atoms with Crippen LogP contribution in [0, 0.1) is 11.3 Å². The second-order valence-electron chi connectivity index (χ2n) is 5.20. The number of benzene rings is 2. The predicted octanol–water partition coefficient (Wildman–Crippen LogP) is 2.01. The first-order valence-electron chi connectivity index (χ1n) is 6.78. The van der Waals surface area contributed by atoms with Crippen molar-refractivity contribution in [2.75, 3.05) is 5.32 Å². The summed E-state index contributed by atoms with van der Waals surface area (Å²) < 4.78 is 5.54. The van der Waals surface area contributed by atoms with Crippen LogP contribution in [0.5, 0.6) is 5.75 Å². The number of hydrogen-bond acceptors (Lipinski definition) is 4. The van der Waals surface area contributed by atoms with Gasteiger partial charge in [-0.25, -0.2) is 0 Å². The molecule has 2 heterocycles. The van der Waals surface area contributed by atoms with Crippen molar-refractivity contribution in [1.29, 1.82) is 5.26 Å². The monoisotopic (exact) mass is 289 g/mol. The number of nitrogens with zero attached hydrogens (tertiary/aromatic N) is 1. The summed E-state index contributed by atoms with van der Waals surface area (Å²) >= 11 is 0. The molecular weight excluding hydrogens is 278 g/mol. The van der Waals surface area contributed by atoms with Crippen LogP contribution in [-0.2, 0) is 10.2 Å². The first-order valence-corrected chi connectivity index (χ1v) is 6.78. The summed E-state index contributed by atoms with van der Waals surface area (Å²) in [5.74, 6) is 0.169. The van der Waals surface area contributed by atoms with E-state index in [0.717, 1.165) is 5.56 Å². The maximum atomic E-state index is 12.9. The molecule has 2 aliphatic rings. The minimum atomic E-state index is -1.25. The molecule has 2 aromatic carbocycles. The number of carbonyl (C=O) groups is 1. The van der Waals surface area contributed by atoms with E-state index in [2.05, 4.69) is 11.4 Å². The number of rotatable bonds is 0. The van der Waals surface area contributed by atoms with Gasteiger partial charge in [0.2, 0.25) is 11.8 Å². The molecule has 3 N–H and O–H groups in total. The number of ether oxygens (including phenoxy) is 1. The van der Waals surface area contributed by atoms with E-state index in [4.69, 9.17) is 10.5 Å². The molecule has 0 bridgehead atoms. The van der Waals surface area contributed by atoms with Gasteiger partial charge in [0.25, 0.3) is 0 Å². The van der Waals surface area contributed by atoms with Crippen LogP contribution in [0.3, 0.4) is 0 Å². The third-order valence-electron chi connectivity index (χ3n) is 4.16. The minimum Gasteiger partial charge on any atom is -0.440 e. The molecule has 4 rings (SSSR count). The zero-order chi connectivity index (χ0) is 15.3. The molecule has 1 spiro atoms. The van der Waals surface area contributed by atoms with Crippen molar-refractivity contribution in [3.8, 4) is 11.8 Å². The molecule has 0 fully saturated rings. The van der Waals surface area contributed by atoms with Crippen molar-refractivity contribution in [3.05, 3.63) is 71.1 Å². The summed E-state index contributed by atoms with van der Waals surface area (Å²) in [5, 5.41) is 12.5. The first-order chi connectivity index (χ1) is 10.7. The Hall–Kier alpha value is -3.26. The van der Waals surface area contributed by atoms with Crippen LogP contribution in [0.2, 0.25) is 0 Å². The van der Waals surface area contributed by atoms with E-state index in [1.807, 2.05) is 30.3 Å². The molecule has 0 saturated heterocycles. The average molecular weight is 289 g/mol. The number of nitriles is 1. The number of anilines is 1. The number of hydrogen-bond donors (Lipinski definition) is 2. The summed E-state index contributed by atoms with van der Waals surface area (Å²) in [6.07, 6.45) is 0. The van der Waals surface area contributed by atoms with Gasteiger partial charge >= 0.3 is 0 Å². The molecule has 22 heavy (non-hydrogen) atoms. The molecule has 2 aliphatic heterocycles. The lowest BCUT2D eigenvalue weighted by atomic mass is 9.69. The van der Waals surface area contributed by atoms with Gasteiger partial charge in [-0.05, 0) is 12.1 Å². The van der Waals surface area contributed by atoms with Gasteiger partial charge in [-0.3, -0.25) is 4.79 Å². The molecule has 2 aromatic rings. The molecule has 0 aliphatic carbocycles. The lowest BCUT2D eigenvalue weighted by molar-refractivity contribution is -0.118. The Bertz CT molecular complexity index is 895. The number of amides is 1. The highest BCUT2D eigenvalue weighted by molar-refractivity contribution is 6.12. The van der Waals surface area contributed by atoms with E-state index >= 15 is 0 Å². The SMILES string of the molecule is N#CC1=C(N)Oc2ccccc2C12C(=O)Nc1ccccc12. The van der Waals surface area contributed by atoms with Crippen molar-refractivity contribution in [2.45, 2.75) is 5.41 Å². The maximum Gasteiger partial charge on any atom is 0.245 e. The van der Waals surface area contributed by atoms with Gasteiger partial charge in [-0.1, -0.05) is 36.4 Å². The van der Waals surface area contributed by atoms with E-state index in [0.29, 0.717) is 17.0 Å². The molecule has 1 atom stereocenters. The van der Waals surface area contributed by atoms with E-state index in [9.17, 15) is 10.1 Å². The number of nitrogens with one attached hydrogen (secondary N) is 1. The quantitative estimate of drug-likeness (QED) is 0.776. The Labute approximate surface area is 126 Å². The van der Waals surface area contributed by atoms with Crippen molar-refractivity contribution in [3.63, 3.8) is 0 Å². The fraction of sp³-hybridized carbons (Fsp3) is 0.0588. The Morgan fingerprint density at radius 2 is 1.77 bits per heavy atom. The van der Waals surface area contributed by atoms with E-state index < -0.39 is 5.41 Å². The van der Waals surface area contributed by atoms with Crippen molar-refractivity contribution in [2.24, 2.45) is 5.73 Å². The van der Waals surface area contributed by atoms with Crippen LogP contribution < -0.4 is 15.8 Å². The highest BCUT2D eigenvalue weighted by Crippen LogP contribution is 2.52. The van der Waals surface area contributed by atoms with Gasteiger partial charge in [0.1, 0.15) is 22.8 Å². The third kappa shape index (κ3) is 1.29. The van der Waals surface area contributed by atoms with Gasteiger partial charge in [0.15, 0.2) is 0 Å². The summed E-state index contributed by atoms with van der Waals surface area (Å²) in [7, 11) is 0. The zero-order valence-electron chi connectivity index (χ0n) is 11.5. The molecule has 5 nitrogen and oxygen atoms in total. The smallest absolute Gasteiger partial charge is 0.245 e. The number of para-hydroxylation sites is 2. The van der Waals surface area contributed by atoms with Crippen LogP contribution in [0.15, 0.2) is 60.0 Å². The van der Waals surface area contributed by atoms with Gasteiger partial charge in [-0.15, -0.1) is 0 Å². The fourth-order valence-corrected chi connectivity index (χ4v) is 3.27. The Kier molecular flexibility index (Phi) is 2.34. The van der Waals surface area contributed by atoms with Crippen molar-refractivity contribution >= 4 is 11.6 Å². The molecule has 106 valence electrons. The van der Waals surface area contributed by atoms with E-state index in [1.54, 1.807) is 18.2 Å². The minimum absolute atomic E-state index is 0.0342. The molecule has 0 radical (unpaired) electrons. The number of nitrogens with two attached hydrogens (primary N) is 1. The van der Waals surface area contributed by atoms with Gasteiger partial charge < -0.3 is 15.8 Å². The molecule has 0 saturated carbocycles. The summed E-state index contributed by atoms with van der Waals surface area (Å²) in [5.41, 5.74) is 6.84. The normalized spacial score (nSPS) is 21.7. The summed E-state index contributed by atoms with van der Waals surface area (Å²) in [4.78, 5) is 12.9. The van der Waals surface area contributed by atoms with Gasteiger partial charge in [0.05, 0.1) is 0 Å². The van der Waals surface area contributed by atoms with Gasteiger partial charge in [0, 0.05) is 16.8 Å². The summed E-state index contributed by atoms with van der Waals surface area (Å²) in [6, 6.07) is 16.5. The second-order valence-corrected chi connectivity index (χ2v) is 5.20. The van der Waals surface area contributed by atoms with Crippen LogP contribution in [0.4, 0.5) is 5.69 Å². The molecule has 0 aromatic heterocycles. The standard InChI is InChI=1S/C17H11N3O2/c18-9-12-15(19)22-14-8-4-2-6-11(14)17(12)10-5-1-3-7-13(10)20-16(17)21/h1-8H,19H2,(H,20,21). The molecule has 1 amide bonds. The van der Waals surface area contributed by atoms with Crippen LogP contribution >= 0.6 is 0 Å².